The van der Waals surface area contributed by atoms with Crippen LogP contribution in [0.1, 0.15) is 43.3 Å². The summed E-state index contributed by atoms with van der Waals surface area (Å²) in [5.74, 6) is 0.462. The van der Waals surface area contributed by atoms with E-state index in [0.29, 0.717) is 42.9 Å². The Labute approximate surface area is 167 Å². The average molecular weight is 407 g/mol. The predicted molar refractivity (Wildman–Crippen MR) is 104 cm³/mol. The van der Waals surface area contributed by atoms with E-state index in [-0.39, 0.29) is 11.5 Å². The van der Waals surface area contributed by atoms with Crippen molar-refractivity contribution in [3.05, 3.63) is 47.2 Å². The normalized spacial score (nSPS) is 15.2. The molecule has 0 unspecified atom stereocenters. The maximum atomic E-state index is 14.5. The van der Waals surface area contributed by atoms with Gasteiger partial charge in [0.1, 0.15) is 11.6 Å². The first-order valence-electron chi connectivity index (χ1n) is 9.42. The molecule has 1 aliphatic heterocycles. The highest BCUT2D eigenvalue weighted by Gasteiger charge is 2.28. The van der Waals surface area contributed by atoms with Crippen LogP contribution in [0.5, 0.6) is 0 Å². The van der Waals surface area contributed by atoms with Crippen molar-refractivity contribution in [3.8, 4) is 0 Å². The molecule has 0 saturated carbocycles. The Balaban J connectivity index is 1.71. The van der Waals surface area contributed by atoms with Gasteiger partial charge in [0.25, 0.3) is 6.43 Å². The van der Waals surface area contributed by atoms with Crippen molar-refractivity contribution in [2.45, 2.75) is 33.2 Å². The van der Waals surface area contributed by atoms with Gasteiger partial charge in [0, 0.05) is 38.0 Å². The summed E-state index contributed by atoms with van der Waals surface area (Å²) in [6.45, 7) is 6.98. The third-order valence-electron chi connectivity index (χ3n) is 5.01. The molecule has 1 aliphatic rings. The van der Waals surface area contributed by atoms with Crippen LogP contribution in [0.3, 0.4) is 0 Å². The lowest BCUT2D eigenvalue weighted by Crippen LogP contribution is -2.51. The van der Waals surface area contributed by atoms with Crippen molar-refractivity contribution in [3.63, 3.8) is 0 Å². The fraction of sp³-hybridized carbons (Fsp3) is 0.450. The number of alkyl halides is 2. The number of anilines is 2. The summed E-state index contributed by atoms with van der Waals surface area (Å²) in [5, 5.41) is 6.36. The van der Waals surface area contributed by atoms with Crippen LogP contribution in [0.4, 0.5) is 24.7 Å². The zero-order valence-corrected chi connectivity index (χ0v) is 16.5. The highest BCUT2D eigenvalue weighted by atomic mass is 19.3. The molecule has 1 fully saturated rings. The van der Waals surface area contributed by atoms with Crippen LogP contribution in [-0.2, 0) is 4.79 Å². The van der Waals surface area contributed by atoms with Gasteiger partial charge < -0.3 is 15.5 Å². The molecule has 1 atom stereocenters. The summed E-state index contributed by atoms with van der Waals surface area (Å²) in [7, 11) is 0. The van der Waals surface area contributed by atoms with Crippen molar-refractivity contribution in [1.29, 1.82) is 0 Å². The van der Waals surface area contributed by atoms with E-state index in [1.807, 2.05) is 0 Å². The molecule has 2 aromatic rings. The largest absolute Gasteiger partial charge is 0.380 e. The second-order valence-electron chi connectivity index (χ2n) is 7.27. The molecule has 0 bridgehead atoms. The second-order valence-corrected chi connectivity index (χ2v) is 7.27. The van der Waals surface area contributed by atoms with E-state index in [0.717, 1.165) is 6.07 Å². The van der Waals surface area contributed by atoms with Gasteiger partial charge >= 0.3 is 0 Å². The minimum atomic E-state index is -2.88. The smallest absolute Gasteiger partial charge is 0.266 e. The molecule has 1 aromatic heterocycles. The number of carbonyl (C=O) groups is 1. The molecule has 1 amide bonds. The molecule has 2 N–H and O–H groups in total. The monoisotopic (exact) mass is 407 g/mol. The molecule has 0 radical (unpaired) electrons. The number of nitrogens with one attached hydrogen (secondary N) is 2. The van der Waals surface area contributed by atoms with Crippen molar-refractivity contribution in [2.75, 3.05) is 30.3 Å². The number of hydrogen-bond acceptors (Lipinski definition) is 5. The number of nitrogens with zero attached hydrogens (tertiary/aromatic N) is 3. The van der Waals surface area contributed by atoms with Gasteiger partial charge in [0.2, 0.25) is 5.91 Å². The lowest BCUT2D eigenvalue weighted by atomic mass is 10.0. The van der Waals surface area contributed by atoms with Gasteiger partial charge in [-0.2, -0.15) is 0 Å². The lowest BCUT2D eigenvalue weighted by molar-refractivity contribution is -0.134. The number of benzene rings is 1. The molecular formula is C20H24F3N5O. The first-order valence-corrected chi connectivity index (χ1v) is 9.42. The van der Waals surface area contributed by atoms with E-state index in [4.69, 9.17) is 0 Å². The van der Waals surface area contributed by atoms with E-state index >= 15 is 0 Å². The standard InChI is InChI=1S/C20H24F3N5O/c1-11(15-5-4-6-16(18(15)21)19(22)23)26-20-17(8-24-12(2)27-20)25-7-14-9-28(10-14)13(3)29/h4-6,8,11,14,19,25H,7,9-10H2,1-3H3,(H,24,26,27)/t11-/m1/s1. The maximum absolute atomic E-state index is 14.5. The fourth-order valence-electron chi connectivity index (χ4n) is 3.27. The number of rotatable bonds is 7. The second kappa shape index (κ2) is 8.67. The SMILES string of the molecule is CC(=O)N1CC(CNc2cnc(C)nc2N[C@H](C)c2cccc(C(F)F)c2F)C1. The summed E-state index contributed by atoms with van der Waals surface area (Å²) < 4.78 is 40.4. The molecule has 2 heterocycles. The first kappa shape index (κ1) is 20.9. The fourth-order valence-corrected chi connectivity index (χ4v) is 3.27. The Morgan fingerprint density at radius 2 is 2.00 bits per heavy atom. The number of halogens is 3. The highest BCUT2D eigenvalue weighted by Crippen LogP contribution is 2.30. The van der Waals surface area contributed by atoms with Gasteiger partial charge in [-0.25, -0.2) is 23.1 Å². The Bertz CT molecular complexity index is 886. The van der Waals surface area contributed by atoms with Crippen LogP contribution < -0.4 is 10.6 Å². The maximum Gasteiger partial charge on any atom is 0.266 e. The summed E-state index contributed by atoms with van der Waals surface area (Å²) in [6.07, 6.45) is -1.25. The van der Waals surface area contributed by atoms with Crippen molar-refractivity contribution in [2.24, 2.45) is 5.92 Å². The van der Waals surface area contributed by atoms with Crippen molar-refractivity contribution >= 4 is 17.4 Å². The third kappa shape index (κ3) is 4.78. The summed E-state index contributed by atoms with van der Waals surface area (Å²) in [6, 6.07) is 3.39. The highest BCUT2D eigenvalue weighted by molar-refractivity contribution is 5.74. The molecule has 0 spiro atoms. The van der Waals surface area contributed by atoms with Crippen LogP contribution in [0.25, 0.3) is 0 Å². The lowest BCUT2D eigenvalue weighted by Gasteiger charge is -2.38. The van der Waals surface area contributed by atoms with Crippen LogP contribution in [-0.4, -0.2) is 40.4 Å². The molecule has 9 heteroatoms. The molecule has 29 heavy (non-hydrogen) atoms. The van der Waals surface area contributed by atoms with Gasteiger partial charge in [-0.3, -0.25) is 4.79 Å². The zero-order chi connectivity index (χ0) is 21.1. The number of aryl methyl sites for hydroxylation is 1. The molecule has 6 nitrogen and oxygen atoms in total. The first-order chi connectivity index (χ1) is 13.8. The quantitative estimate of drug-likeness (QED) is 0.728. The molecule has 3 rings (SSSR count). The number of aromatic nitrogens is 2. The van der Waals surface area contributed by atoms with Crippen LogP contribution >= 0.6 is 0 Å². The molecule has 1 saturated heterocycles. The average Bonchev–Trinajstić information content (AvgIpc) is 2.61. The predicted octanol–water partition coefficient (Wildman–Crippen LogP) is 3.93. The van der Waals surface area contributed by atoms with E-state index in [1.165, 1.54) is 12.1 Å². The van der Waals surface area contributed by atoms with Crippen molar-refractivity contribution in [1.82, 2.24) is 14.9 Å². The van der Waals surface area contributed by atoms with Gasteiger partial charge in [0.15, 0.2) is 5.82 Å². The number of hydrogen-bond donors (Lipinski definition) is 2. The minimum absolute atomic E-state index is 0.0594. The molecule has 1 aromatic carbocycles. The van der Waals surface area contributed by atoms with Crippen molar-refractivity contribution < 1.29 is 18.0 Å². The van der Waals surface area contributed by atoms with Gasteiger partial charge in [-0.15, -0.1) is 0 Å². The third-order valence-corrected chi connectivity index (χ3v) is 5.01. The topological polar surface area (TPSA) is 70.2 Å². The minimum Gasteiger partial charge on any atom is -0.380 e. The summed E-state index contributed by atoms with van der Waals surface area (Å²) in [5.41, 5.74) is 0.156. The Morgan fingerprint density at radius 3 is 2.66 bits per heavy atom. The summed E-state index contributed by atoms with van der Waals surface area (Å²) >= 11 is 0. The Hall–Kier alpha value is -2.84. The van der Waals surface area contributed by atoms with E-state index in [1.54, 1.807) is 31.9 Å². The van der Waals surface area contributed by atoms with Gasteiger partial charge in [-0.1, -0.05) is 18.2 Å². The van der Waals surface area contributed by atoms with E-state index in [9.17, 15) is 18.0 Å². The molecule has 0 aliphatic carbocycles. The van der Waals surface area contributed by atoms with Crippen LogP contribution in [0, 0.1) is 18.7 Å². The number of amides is 1. The summed E-state index contributed by atoms with van der Waals surface area (Å²) in [4.78, 5) is 21.6. The van der Waals surface area contributed by atoms with E-state index in [2.05, 4.69) is 20.6 Å². The number of carbonyl (C=O) groups excluding carboxylic acids is 1. The van der Waals surface area contributed by atoms with Crippen LogP contribution in [0.2, 0.25) is 0 Å². The Kier molecular flexibility index (Phi) is 6.24. The number of likely N-dealkylation sites (tertiary alicyclic amines) is 1. The Morgan fingerprint density at radius 1 is 1.31 bits per heavy atom. The van der Waals surface area contributed by atoms with Gasteiger partial charge in [0.05, 0.1) is 23.5 Å². The zero-order valence-electron chi connectivity index (χ0n) is 16.5. The molecular weight excluding hydrogens is 383 g/mol. The van der Waals surface area contributed by atoms with Crippen LogP contribution in [0.15, 0.2) is 24.4 Å². The van der Waals surface area contributed by atoms with E-state index < -0.39 is 23.8 Å². The van der Waals surface area contributed by atoms with Gasteiger partial charge in [-0.05, 0) is 13.8 Å². The molecule has 156 valence electrons.